The maximum atomic E-state index is 16.7. The number of rotatable bonds is 0. The maximum Gasteiger partial charge on any atom is 0.145 e. The quantitative estimate of drug-likeness (QED) is 0.711. The van der Waals surface area contributed by atoms with E-state index in [1.165, 1.54) is 0 Å². The highest BCUT2D eigenvalue weighted by Gasteiger charge is 2.73. The van der Waals surface area contributed by atoms with Gasteiger partial charge in [-0.25, -0.2) is 4.39 Å². The zero-order chi connectivity index (χ0) is 17.5. The Morgan fingerprint density at radius 2 is 1.75 bits per heavy atom. The van der Waals surface area contributed by atoms with Crippen molar-refractivity contribution >= 4 is 5.78 Å². The van der Waals surface area contributed by atoms with E-state index >= 15 is 4.39 Å². The fraction of sp³-hybridized carbons (Fsp3) is 0.950. The molecule has 0 unspecified atom stereocenters. The first-order valence-electron chi connectivity index (χ1n) is 9.67. The lowest BCUT2D eigenvalue weighted by atomic mass is 9.42. The predicted octanol–water partition coefficient (Wildman–Crippen LogP) is 3.41. The Balaban J connectivity index is 1.77. The first-order chi connectivity index (χ1) is 11.1. The van der Waals surface area contributed by atoms with E-state index < -0.39 is 28.2 Å². The van der Waals surface area contributed by atoms with Crippen LogP contribution in [-0.2, 0) is 4.79 Å². The third kappa shape index (κ3) is 1.77. The lowest BCUT2D eigenvalue weighted by Crippen LogP contribution is -2.70. The second-order valence-electron chi connectivity index (χ2n) is 9.87. The highest BCUT2D eigenvalue weighted by molar-refractivity contribution is 5.79. The van der Waals surface area contributed by atoms with Gasteiger partial charge >= 0.3 is 0 Å². The van der Waals surface area contributed by atoms with Gasteiger partial charge in [0.2, 0.25) is 0 Å². The zero-order valence-corrected chi connectivity index (χ0v) is 15.1. The largest absolute Gasteiger partial charge is 0.390 e. The molecule has 4 heteroatoms. The molecule has 0 heterocycles. The van der Waals surface area contributed by atoms with Gasteiger partial charge in [0.05, 0.1) is 11.7 Å². The standard InChI is InChI=1S/C20H31FO3/c1-17-8-6-13(22)10-12(17)4-5-15-14-7-9-19(3,24)18(14,2)11-16(23)20(15,17)21/h12,14-16,23-24H,4-11H2,1-3H3/t12-,14-,15-,16+,17-,18-,19-,20-/m0/s1. The molecule has 4 rings (SSSR count). The van der Waals surface area contributed by atoms with E-state index in [0.29, 0.717) is 32.1 Å². The third-order valence-corrected chi connectivity index (χ3v) is 9.12. The van der Waals surface area contributed by atoms with Gasteiger partial charge in [-0.1, -0.05) is 13.8 Å². The van der Waals surface area contributed by atoms with Gasteiger partial charge in [0.1, 0.15) is 11.5 Å². The number of carbonyl (C=O) groups excluding carboxylic acids is 1. The number of alkyl halides is 1. The zero-order valence-electron chi connectivity index (χ0n) is 15.1. The third-order valence-electron chi connectivity index (χ3n) is 9.12. The topological polar surface area (TPSA) is 57.5 Å². The van der Waals surface area contributed by atoms with Crippen LogP contribution >= 0.6 is 0 Å². The molecule has 136 valence electrons. The van der Waals surface area contributed by atoms with Crippen LogP contribution in [0.15, 0.2) is 0 Å². The molecule has 4 aliphatic carbocycles. The van der Waals surface area contributed by atoms with E-state index in [4.69, 9.17) is 0 Å². The molecule has 0 amide bonds. The molecule has 0 aromatic heterocycles. The van der Waals surface area contributed by atoms with Crippen LogP contribution in [0, 0.1) is 28.6 Å². The van der Waals surface area contributed by atoms with Gasteiger partial charge in [0.15, 0.2) is 0 Å². The molecule has 0 bridgehead atoms. The number of aliphatic hydroxyl groups excluding tert-OH is 1. The summed E-state index contributed by atoms with van der Waals surface area (Å²) in [6.07, 6.45) is 3.89. The summed E-state index contributed by atoms with van der Waals surface area (Å²) in [5.41, 5.74) is -3.49. The second-order valence-corrected chi connectivity index (χ2v) is 9.87. The van der Waals surface area contributed by atoms with Crippen molar-refractivity contribution in [1.29, 1.82) is 0 Å². The highest BCUT2D eigenvalue weighted by atomic mass is 19.1. The van der Waals surface area contributed by atoms with E-state index in [0.717, 1.165) is 19.3 Å². The SMILES string of the molecule is C[C@]1(O)CC[C@H]2[C@@H]3CC[C@H]4CC(=O)CC[C@]4(C)[C@@]3(F)[C@H](O)C[C@@]21C. The average molecular weight is 338 g/mol. The maximum absolute atomic E-state index is 16.7. The van der Waals surface area contributed by atoms with Crippen LogP contribution < -0.4 is 0 Å². The summed E-state index contributed by atoms with van der Waals surface area (Å²) >= 11 is 0. The molecule has 4 aliphatic rings. The van der Waals surface area contributed by atoms with Gasteiger partial charge < -0.3 is 10.2 Å². The van der Waals surface area contributed by atoms with E-state index in [9.17, 15) is 15.0 Å². The van der Waals surface area contributed by atoms with Crippen molar-refractivity contribution in [3.63, 3.8) is 0 Å². The number of carbonyl (C=O) groups is 1. The van der Waals surface area contributed by atoms with Crippen LogP contribution in [0.25, 0.3) is 0 Å². The molecule has 3 nitrogen and oxygen atoms in total. The van der Waals surface area contributed by atoms with Crippen molar-refractivity contribution in [2.75, 3.05) is 0 Å². The summed E-state index contributed by atoms with van der Waals surface area (Å²) in [7, 11) is 0. The Morgan fingerprint density at radius 1 is 1.04 bits per heavy atom. The summed E-state index contributed by atoms with van der Waals surface area (Å²) in [5, 5.41) is 21.9. The summed E-state index contributed by atoms with van der Waals surface area (Å²) < 4.78 is 16.7. The molecule has 24 heavy (non-hydrogen) atoms. The summed E-state index contributed by atoms with van der Waals surface area (Å²) in [4.78, 5) is 11.9. The lowest BCUT2D eigenvalue weighted by molar-refractivity contribution is -0.254. The summed E-state index contributed by atoms with van der Waals surface area (Å²) in [5.74, 6) is 0.227. The number of Topliss-reactive ketones (excluding diaryl/α,β-unsaturated/α-hetero) is 1. The van der Waals surface area contributed by atoms with Crippen LogP contribution in [0.5, 0.6) is 0 Å². The second kappa shape index (κ2) is 4.82. The van der Waals surface area contributed by atoms with Gasteiger partial charge in [-0.15, -0.1) is 0 Å². The number of ketones is 1. The number of hydrogen-bond donors (Lipinski definition) is 2. The van der Waals surface area contributed by atoms with Crippen molar-refractivity contribution in [3.8, 4) is 0 Å². The molecule has 0 aromatic carbocycles. The number of hydrogen-bond acceptors (Lipinski definition) is 3. The van der Waals surface area contributed by atoms with Gasteiger partial charge in [-0.3, -0.25) is 4.79 Å². The van der Waals surface area contributed by atoms with E-state index in [1.54, 1.807) is 0 Å². The minimum Gasteiger partial charge on any atom is -0.390 e. The van der Waals surface area contributed by atoms with E-state index in [2.05, 4.69) is 0 Å². The minimum atomic E-state index is -1.62. The fourth-order valence-corrected chi connectivity index (χ4v) is 7.27. The molecule has 8 atom stereocenters. The van der Waals surface area contributed by atoms with Gasteiger partial charge in [-0.2, -0.15) is 0 Å². The Hall–Kier alpha value is -0.480. The van der Waals surface area contributed by atoms with E-state index in [-0.39, 0.29) is 23.5 Å². The number of aliphatic hydroxyl groups is 2. The minimum absolute atomic E-state index is 0.0564. The summed E-state index contributed by atoms with van der Waals surface area (Å²) in [6.45, 7) is 5.89. The molecule has 2 N–H and O–H groups in total. The normalized spacial score (nSPS) is 60.3. The van der Waals surface area contributed by atoms with Crippen LogP contribution in [0.4, 0.5) is 4.39 Å². The molecule has 0 radical (unpaired) electrons. The van der Waals surface area contributed by atoms with Crippen molar-refractivity contribution in [2.45, 2.75) is 89.5 Å². The molecule has 4 saturated carbocycles. The molecule has 0 aliphatic heterocycles. The summed E-state index contributed by atoms with van der Waals surface area (Å²) in [6, 6.07) is 0. The first kappa shape index (κ1) is 17.0. The van der Waals surface area contributed by atoms with Crippen molar-refractivity contribution in [3.05, 3.63) is 0 Å². The van der Waals surface area contributed by atoms with Crippen LogP contribution in [0.1, 0.15) is 72.1 Å². The van der Waals surface area contributed by atoms with Crippen LogP contribution in [0.2, 0.25) is 0 Å². The van der Waals surface area contributed by atoms with Gasteiger partial charge in [0.25, 0.3) is 0 Å². The fourth-order valence-electron chi connectivity index (χ4n) is 7.27. The smallest absolute Gasteiger partial charge is 0.145 e. The Kier molecular flexibility index (Phi) is 3.41. The lowest BCUT2D eigenvalue weighted by Gasteiger charge is -2.65. The number of halogens is 1. The van der Waals surface area contributed by atoms with Gasteiger partial charge in [0, 0.05) is 23.7 Å². The first-order valence-corrected chi connectivity index (χ1v) is 9.67. The average Bonchev–Trinajstić information content (AvgIpc) is 2.72. The van der Waals surface area contributed by atoms with E-state index in [1.807, 2.05) is 20.8 Å². The van der Waals surface area contributed by atoms with Crippen molar-refractivity contribution in [1.82, 2.24) is 0 Å². The monoisotopic (exact) mass is 338 g/mol. The predicted molar refractivity (Wildman–Crippen MR) is 89.1 cm³/mol. The highest BCUT2D eigenvalue weighted by Crippen LogP contribution is 2.70. The molecular weight excluding hydrogens is 307 g/mol. The van der Waals surface area contributed by atoms with Crippen LogP contribution in [0.3, 0.4) is 0 Å². The van der Waals surface area contributed by atoms with Crippen molar-refractivity contribution < 1.29 is 19.4 Å². The molecule has 0 aromatic rings. The van der Waals surface area contributed by atoms with Crippen LogP contribution in [-0.4, -0.2) is 33.4 Å². The van der Waals surface area contributed by atoms with Gasteiger partial charge in [-0.05, 0) is 63.2 Å². The number of fused-ring (bicyclic) bond motifs is 5. The molecule has 4 fully saturated rings. The Bertz CT molecular complexity index is 575. The Morgan fingerprint density at radius 3 is 2.46 bits per heavy atom. The molecule has 0 saturated heterocycles. The molecule has 0 spiro atoms. The van der Waals surface area contributed by atoms with Crippen molar-refractivity contribution in [2.24, 2.45) is 28.6 Å². The molecular formula is C20H31FO3. The Labute approximate surface area is 144 Å².